The number of anilines is 2. The van der Waals surface area contributed by atoms with Crippen molar-refractivity contribution in [3.05, 3.63) is 28.8 Å². The zero-order valence-electron chi connectivity index (χ0n) is 15.5. The van der Waals surface area contributed by atoms with Crippen molar-refractivity contribution in [2.75, 3.05) is 23.8 Å². The third kappa shape index (κ3) is 4.77. The van der Waals surface area contributed by atoms with Gasteiger partial charge in [0.05, 0.1) is 17.5 Å². The van der Waals surface area contributed by atoms with Crippen LogP contribution in [0.2, 0.25) is 0 Å². The summed E-state index contributed by atoms with van der Waals surface area (Å²) in [7, 11) is 0. The average molecular weight is 405 g/mol. The molecule has 0 aliphatic carbocycles. The van der Waals surface area contributed by atoms with Crippen molar-refractivity contribution >= 4 is 39.9 Å². The van der Waals surface area contributed by atoms with E-state index in [1.54, 1.807) is 39.0 Å². The first kappa shape index (κ1) is 19.6. The predicted molar refractivity (Wildman–Crippen MR) is 102 cm³/mol. The summed E-state index contributed by atoms with van der Waals surface area (Å²) in [5, 5.41) is 5.54. The van der Waals surface area contributed by atoms with Crippen molar-refractivity contribution in [1.29, 1.82) is 0 Å². The topological polar surface area (TPSA) is 116 Å². The number of ether oxygens (including phenoxy) is 3. The minimum absolute atomic E-state index is 0.0322. The predicted octanol–water partition coefficient (Wildman–Crippen LogP) is 2.37. The summed E-state index contributed by atoms with van der Waals surface area (Å²) in [6, 6.07) is 4.86. The van der Waals surface area contributed by atoms with Gasteiger partial charge in [0, 0.05) is 6.07 Å². The average Bonchev–Trinajstić information content (AvgIpc) is 2.99. The molecule has 1 aliphatic heterocycles. The summed E-state index contributed by atoms with van der Waals surface area (Å²) < 4.78 is 15.9. The Hall–Kier alpha value is -3.14. The van der Waals surface area contributed by atoms with Gasteiger partial charge in [-0.05, 0) is 32.9 Å². The van der Waals surface area contributed by atoms with Gasteiger partial charge < -0.3 is 19.5 Å². The van der Waals surface area contributed by atoms with Gasteiger partial charge in [-0.25, -0.2) is 9.78 Å². The van der Waals surface area contributed by atoms with Crippen molar-refractivity contribution in [1.82, 2.24) is 4.98 Å². The Morgan fingerprint density at radius 3 is 2.93 bits per heavy atom. The van der Waals surface area contributed by atoms with Crippen LogP contribution in [0.5, 0.6) is 11.5 Å². The highest BCUT2D eigenvalue weighted by Gasteiger charge is 2.19. The van der Waals surface area contributed by atoms with Crippen molar-refractivity contribution < 1.29 is 28.6 Å². The van der Waals surface area contributed by atoms with Gasteiger partial charge >= 0.3 is 5.97 Å². The molecule has 0 fully saturated rings. The highest BCUT2D eigenvalue weighted by atomic mass is 32.1. The summed E-state index contributed by atoms with van der Waals surface area (Å²) in [5.41, 5.74) is 0.968. The zero-order valence-corrected chi connectivity index (χ0v) is 16.3. The molecule has 0 atom stereocenters. The Morgan fingerprint density at radius 1 is 1.39 bits per heavy atom. The van der Waals surface area contributed by atoms with E-state index < -0.39 is 11.9 Å². The summed E-state index contributed by atoms with van der Waals surface area (Å²) in [6.07, 6.45) is -0.243. The number of hydrogen-bond acceptors (Lipinski definition) is 8. The van der Waals surface area contributed by atoms with E-state index in [4.69, 9.17) is 14.2 Å². The fourth-order valence-corrected chi connectivity index (χ4v) is 3.23. The molecule has 2 heterocycles. The molecule has 0 spiro atoms. The lowest BCUT2D eigenvalue weighted by atomic mass is 10.2. The Morgan fingerprint density at radius 2 is 2.18 bits per heavy atom. The van der Waals surface area contributed by atoms with Crippen molar-refractivity contribution in [3.8, 4) is 11.5 Å². The number of amides is 2. The first-order chi connectivity index (χ1) is 13.3. The Kier molecular flexibility index (Phi) is 5.78. The minimum atomic E-state index is -0.472. The molecule has 3 rings (SSSR count). The molecule has 0 unspecified atom stereocenters. The highest BCUT2D eigenvalue weighted by molar-refractivity contribution is 7.17. The van der Waals surface area contributed by atoms with Crippen LogP contribution in [0.15, 0.2) is 18.2 Å². The summed E-state index contributed by atoms with van der Waals surface area (Å²) in [5.74, 6) is -0.226. The maximum atomic E-state index is 12.1. The molecule has 2 amide bonds. The standard InChI is InChI=1S/C18H19N3O6S/c1-9(2)27-17(24)16-10(3)19-18(28-16)21-15(23)7-25-11-4-5-13-12(6-11)20-14(22)8-26-13/h4-6,9H,7-8H2,1-3H3,(H,20,22)(H,19,21,23). The van der Waals surface area contributed by atoms with Crippen molar-refractivity contribution in [3.63, 3.8) is 0 Å². The first-order valence-corrected chi connectivity index (χ1v) is 9.31. The molecule has 28 heavy (non-hydrogen) atoms. The number of aryl methyl sites for hydroxylation is 1. The number of thiazole rings is 1. The number of esters is 1. The van der Waals surface area contributed by atoms with Gasteiger partial charge in [-0.1, -0.05) is 11.3 Å². The largest absolute Gasteiger partial charge is 0.484 e. The van der Waals surface area contributed by atoms with E-state index in [1.165, 1.54) is 0 Å². The maximum Gasteiger partial charge on any atom is 0.350 e. The van der Waals surface area contributed by atoms with Crippen LogP contribution in [0, 0.1) is 6.92 Å². The summed E-state index contributed by atoms with van der Waals surface area (Å²) in [6.45, 7) is 4.88. The van der Waals surface area contributed by atoms with E-state index >= 15 is 0 Å². The number of benzene rings is 1. The van der Waals surface area contributed by atoms with Gasteiger partial charge in [0.2, 0.25) is 0 Å². The molecule has 0 bridgehead atoms. The molecule has 148 valence electrons. The van der Waals surface area contributed by atoms with E-state index in [-0.39, 0.29) is 30.4 Å². The van der Waals surface area contributed by atoms with E-state index in [0.717, 1.165) is 11.3 Å². The van der Waals surface area contributed by atoms with Crippen LogP contribution in [0.1, 0.15) is 29.2 Å². The van der Waals surface area contributed by atoms with Crippen LogP contribution in [-0.2, 0) is 14.3 Å². The molecule has 10 heteroatoms. The van der Waals surface area contributed by atoms with Crippen LogP contribution >= 0.6 is 11.3 Å². The number of nitrogens with zero attached hydrogens (tertiary/aromatic N) is 1. The molecule has 9 nitrogen and oxygen atoms in total. The van der Waals surface area contributed by atoms with Gasteiger partial charge in [-0.15, -0.1) is 0 Å². The van der Waals surface area contributed by atoms with Crippen molar-refractivity contribution in [2.24, 2.45) is 0 Å². The molecular formula is C18H19N3O6S. The normalized spacial score (nSPS) is 12.6. The molecule has 0 saturated heterocycles. The molecular weight excluding hydrogens is 386 g/mol. The fraction of sp³-hybridized carbons (Fsp3) is 0.333. The Labute approximate surface area is 165 Å². The maximum absolute atomic E-state index is 12.1. The van der Waals surface area contributed by atoms with Gasteiger partial charge in [-0.3, -0.25) is 14.9 Å². The summed E-state index contributed by atoms with van der Waals surface area (Å²) in [4.78, 5) is 40.0. The Balaban J connectivity index is 1.57. The van der Waals surface area contributed by atoms with E-state index in [2.05, 4.69) is 15.6 Å². The second kappa shape index (κ2) is 8.26. The molecule has 2 aromatic rings. The monoisotopic (exact) mass is 405 g/mol. The molecule has 1 aromatic heterocycles. The van der Waals surface area contributed by atoms with E-state index in [0.29, 0.717) is 27.8 Å². The number of fused-ring (bicyclic) bond motifs is 1. The highest BCUT2D eigenvalue weighted by Crippen LogP contribution is 2.31. The first-order valence-electron chi connectivity index (χ1n) is 8.49. The second-order valence-electron chi connectivity index (χ2n) is 6.22. The molecule has 2 N–H and O–H groups in total. The van der Waals surface area contributed by atoms with Crippen LogP contribution < -0.4 is 20.1 Å². The van der Waals surface area contributed by atoms with Gasteiger partial charge in [0.15, 0.2) is 18.3 Å². The van der Waals surface area contributed by atoms with Gasteiger partial charge in [0.1, 0.15) is 16.4 Å². The molecule has 1 aromatic carbocycles. The molecule has 1 aliphatic rings. The van der Waals surface area contributed by atoms with E-state index in [9.17, 15) is 14.4 Å². The van der Waals surface area contributed by atoms with Crippen molar-refractivity contribution in [2.45, 2.75) is 26.9 Å². The number of carbonyl (C=O) groups is 3. The minimum Gasteiger partial charge on any atom is -0.484 e. The smallest absolute Gasteiger partial charge is 0.350 e. The van der Waals surface area contributed by atoms with Gasteiger partial charge in [0.25, 0.3) is 11.8 Å². The van der Waals surface area contributed by atoms with Crippen LogP contribution in [0.25, 0.3) is 0 Å². The number of carbonyl (C=O) groups excluding carboxylic acids is 3. The van der Waals surface area contributed by atoms with Gasteiger partial charge in [-0.2, -0.15) is 0 Å². The second-order valence-corrected chi connectivity index (χ2v) is 7.22. The third-order valence-electron chi connectivity index (χ3n) is 3.52. The summed E-state index contributed by atoms with van der Waals surface area (Å²) >= 11 is 1.04. The van der Waals surface area contributed by atoms with Crippen LogP contribution in [0.3, 0.4) is 0 Å². The number of aromatic nitrogens is 1. The number of rotatable bonds is 6. The quantitative estimate of drug-likeness (QED) is 0.709. The fourth-order valence-electron chi connectivity index (χ4n) is 2.36. The lowest BCUT2D eigenvalue weighted by Crippen LogP contribution is -2.25. The zero-order chi connectivity index (χ0) is 20.3. The lowest BCUT2D eigenvalue weighted by Gasteiger charge is -2.18. The SMILES string of the molecule is Cc1nc(NC(=O)COc2ccc3c(c2)NC(=O)CO3)sc1C(=O)OC(C)C. The third-order valence-corrected chi connectivity index (χ3v) is 4.58. The van der Waals surface area contributed by atoms with E-state index in [1.807, 2.05) is 0 Å². The molecule has 0 saturated carbocycles. The van der Waals surface area contributed by atoms with Crippen LogP contribution in [-0.4, -0.2) is 42.1 Å². The molecule has 0 radical (unpaired) electrons. The number of nitrogens with one attached hydrogen (secondary N) is 2. The number of hydrogen-bond donors (Lipinski definition) is 2. The van der Waals surface area contributed by atoms with Crippen LogP contribution in [0.4, 0.5) is 10.8 Å². The Bertz CT molecular complexity index is 924. The lowest BCUT2D eigenvalue weighted by molar-refractivity contribution is -0.119.